The Morgan fingerprint density at radius 2 is 1.12 bits per heavy atom. The molecule has 0 N–H and O–H groups in total. The number of allylic oxidation sites excluding steroid dienone is 2. The predicted molar refractivity (Wildman–Crippen MR) is 103 cm³/mol. The fourth-order valence-electron chi connectivity index (χ4n) is 3.03. The summed E-state index contributed by atoms with van der Waals surface area (Å²) in [7, 11) is 4.32. The Balaban J connectivity index is 1.50. The number of fused-ring (bicyclic) bond motifs is 2. The summed E-state index contributed by atoms with van der Waals surface area (Å²) in [6.07, 6.45) is 6.58. The van der Waals surface area contributed by atoms with Crippen LogP contribution in [0.25, 0.3) is 20.4 Å². The second-order valence-electron chi connectivity index (χ2n) is 5.92. The maximum atomic E-state index is 2.31. The minimum Gasteiger partial charge on any atom is -0.188 e. The van der Waals surface area contributed by atoms with Crippen LogP contribution in [-0.4, -0.2) is 0 Å². The topological polar surface area (TPSA) is 7.76 Å². The summed E-state index contributed by atoms with van der Waals surface area (Å²) in [5.41, 5.74) is 2.64. The number of benzene rings is 2. The Kier molecular flexibility index (Phi) is 4.17. The van der Waals surface area contributed by atoms with Crippen molar-refractivity contribution in [1.29, 1.82) is 0 Å². The van der Waals surface area contributed by atoms with Gasteiger partial charge < -0.3 is 0 Å². The normalized spacial score (nSPS) is 11.9. The zero-order chi connectivity index (χ0) is 16.5. The smallest absolute Gasteiger partial charge is 0.188 e. The van der Waals surface area contributed by atoms with Crippen LogP contribution in [0.3, 0.4) is 0 Å². The molecule has 0 saturated heterocycles. The molecule has 2 heterocycles. The van der Waals surface area contributed by atoms with Crippen LogP contribution in [0.5, 0.6) is 0 Å². The van der Waals surface area contributed by atoms with Crippen LogP contribution in [0.4, 0.5) is 0 Å². The van der Waals surface area contributed by atoms with E-state index in [1.807, 2.05) is 22.7 Å². The summed E-state index contributed by atoms with van der Waals surface area (Å²) < 4.78 is 7.34. The van der Waals surface area contributed by atoms with Gasteiger partial charge in [0.1, 0.15) is 23.5 Å². The molecule has 0 spiro atoms. The molecule has 0 fully saturated rings. The number of aryl methyl sites for hydroxylation is 2. The number of nitrogens with zero attached hydrogens (tertiary/aromatic N) is 2. The summed E-state index contributed by atoms with van der Waals surface area (Å²) in [4.78, 5) is 0. The summed E-state index contributed by atoms with van der Waals surface area (Å²) in [5, 5.41) is 2.79. The van der Waals surface area contributed by atoms with E-state index in [0.717, 1.165) is 12.8 Å². The van der Waals surface area contributed by atoms with Crippen molar-refractivity contribution >= 4 is 43.1 Å². The monoisotopic (exact) mass is 352 g/mol. The van der Waals surface area contributed by atoms with Crippen molar-refractivity contribution in [3.05, 3.63) is 70.7 Å². The van der Waals surface area contributed by atoms with E-state index in [-0.39, 0.29) is 0 Å². The van der Waals surface area contributed by atoms with Gasteiger partial charge in [-0.05, 0) is 12.1 Å². The molecule has 0 aliphatic rings. The third-order valence-corrected chi connectivity index (χ3v) is 6.89. The fraction of sp³-hybridized carbons (Fsp3) is 0.200. The lowest BCUT2D eigenvalue weighted by molar-refractivity contribution is -0.647. The van der Waals surface area contributed by atoms with Crippen LogP contribution in [0, 0.1) is 0 Å². The highest BCUT2D eigenvalue weighted by atomic mass is 32.1. The Bertz CT molecular complexity index is 956. The maximum absolute atomic E-state index is 2.31. The summed E-state index contributed by atoms with van der Waals surface area (Å²) in [6.45, 7) is 0. The quantitative estimate of drug-likeness (QED) is 0.386. The van der Waals surface area contributed by atoms with Crippen LogP contribution in [-0.2, 0) is 26.9 Å². The van der Waals surface area contributed by atoms with Crippen molar-refractivity contribution in [2.75, 3.05) is 0 Å². The van der Waals surface area contributed by atoms with E-state index < -0.39 is 0 Å². The molecular formula is C20H20N2S2+2. The molecule has 0 atom stereocenters. The van der Waals surface area contributed by atoms with Crippen molar-refractivity contribution < 1.29 is 9.13 Å². The van der Waals surface area contributed by atoms with Gasteiger partial charge in [0.15, 0.2) is 0 Å². The molecule has 0 aliphatic carbocycles. The molecule has 0 unspecified atom stereocenters. The minimum atomic E-state index is 0.991. The highest BCUT2D eigenvalue weighted by Crippen LogP contribution is 2.21. The summed E-state index contributed by atoms with van der Waals surface area (Å²) in [6, 6.07) is 17.2. The maximum Gasteiger partial charge on any atom is 0.241 e. The molecule has 4 heteroatoms. The first-order valence-corrected chi connectivity index (χ1v) is 9.75. The average molecular weight is 353 g/mol. The second-order valence-corrected chi connectivity index (χ2v) is 8.16. The Morgan fingerprint density at radius 3 is 1.54 bits per heavy atom. The molecule has 0 radical (unpaired) electrons. The van der Waals surface area contributed by atoms with Gasteiger partial charge in [0.05, 0.1) is 12.8 Å². The third-order valence-electron chi connectivity index (χ3n) is 4.41. The summed E-state index contributed by atoms with van der Waals surface area (Å²) >= 11 is 3.77. The standard InChI is InChI=1S/C20H20N2S2/c1-21-15-9-3-5-11-17(15)23-19(21)13-7-8-14-20-22(2)16-10-4-6-12-18(16)24-20/h3-12H,13-14H2,1-2H3/q+2/b8-7+. The van der Waals surface area contributed by atoms with Gasteiger partial charge in [0, 0.05) is 12.1 Å². The van der Waals surface area contributed by atoms with Crippen LogP contribution in [0.15, 0.2) is 60.7 Å². The second kappa shape index (κ2) is 6.46. The molecule has 2 nitrogen and oxygen atoms in total. The van der Waals surface area contributed by atoms with Crippen molar-refractivity contribution in [2.45, 2.75) is 12.8 Å². The van der Waals surface area contributed by atoms with E-state index in [1.165, 1.54) is 30.4 Å². The average Bonchev–Trinajstić information content (AvgIpc) is 3.10. The molecule has 0 bridgehead atoms. The first kappa shape index (κ1) is 15.5. The van der Waals surface area contributed by atoms with E-state index in [0.29, 0.717) is 0 Å². The van der Waals surface area contributed by atoms with Gasteiger partial charge in [-0.3, -0.25) is 0 Å². The lowest BCUT2D eigenvalue weighted by Gasteiger charge is -1.90. The van der Waals surface area contributed by atoms with Gasteiger partial charge in [-0.1, -0.05) is 59.1 Å². The fourth-order valence-corrected chi connectivity index (χ4v) is 5.28. The van der Waals surface area contributed by atoms with Gasteiger partial charge in [0.2, 0.25) is 21.0 Å². The molecule has 2 aromatic carbocycles. The first-order chi connectivity index (χ1) is 11.7. The van der Waals surface area contributed by atoms with Crippen molar-refractivity contribution in [2.24, 2.45) is 14.1 Å². The third kappa shape index (κ3) is 2.76. The zero-order valence-electron chi connectivity index (χ0n) is 13.9. The van der Waals surface area contributed by atoms with Gasteiger partial charge >= 0.3 is 0 Å². The van der Waals surface area contributed by atoms with E-state index >= 15 is 0 Å². The molecule has 0 amide bonds. The van der Waals surface area contributed by atoms with Crippen LogP contribution >= 0.6 is 22.7 Å². The lowest BCUT2D eigenvalue weighted by Crippen LogP contribution is -2.30. The van der Waals surface area contributed by atoms with Crippen molar-refractivity contribution in [3.8, 4) is 0 Å². The number of para-hydroxylation sites is 2. The first-order valence-electron chi connectivity index (χ1n) is 8.12. The predicted octanol–water partition coefficient (Wildman–Crippen LogP) is 4.11. The van der Waals surface area contributed by atoms with Crippen LogP contribution in [0.2, 0.25) is 0 Å². The van der Waals surface area contributed by atoms with Crippen molar-refractivity contribution in [1.82, 2.24) is 0 Å². The SMILES string of the molecule is C[n+]1c(C/C=C/Cc2sc3ccccc3[n+]2C)sc2ccccc21. The van der Waals surface area contributed by atoms with Crippen LogP contribution < -0.4 is 9.13 Å². The van der Waals surface area contributed by atoms with Gasteiger partial charge in [0.25, 0.3) is 0 Å². The zero-order valence-corrected chi connectivity index (χ0v) is 15.5. The Hall–Kier alpha value is -2.04. The number of rotatable bonds is 4. The number of aromatic nitrogens is 2. The highest BCUT2D eigenvalue weighted by molar-refractivity contribution is 7.18. The molecule has 24 heavy (non-hydrogen) atoms. The lowest BCUT2D eigenvalue weighted by atomic mass is 10.3. The van der Waals surface area contributed by atoms with E-state index in [4.69, 9.17) is 0 Å². The van der Waals surface area contributed by atoms with E-state index in [2.05, 4.69) is 83.9 Å². The number of hydrogen-bond donors (Lipinski definition) is 0. The number of thiazole rings is 2. The van der Waals surface area contributed by atoms with Crippen molar-refractivity contribution in [3.63, 3.8) is 0 Å². The Labute approximate surface area is 149 Å². The summed E-state index contributed by atoms with van der Waals surface area (Å²) in [5.74, 6) is 0. The largest absolute Gasteiger partial charge is 0.241 e. The molecule has 0 saturated carbocycles. The van der Waals surface area contributed by atoms with Crippen LogP contribution in [0.1, 0.15) is 10.0 Å². The molecule has 2 aromatic heterocycles. The van der Waals surface area contributed by atoms with E-state index in [9.17, 15) is 0 Å². The Morgan fingerprint density at radius 1 is 0.708 bits per heavy atom. The molecule has 4 rings (SSSR count). The van der Waals surface area contributed by atoms with Gasteiger partial charge in [-0.25, -0.2) is 0 Å². The van der Waals surface area contributed by atoms with Gasteiger partial charge in [-0.15, -0.1) is 0 Å². The minimum absolute atomic E-state index is 0.991. The highest BCUT2D eigenvalue weighted by Gasteiger charge is 2.16. The number of hydrogen-bond acceptors (Lipinski definition) is 2. The molecule has 120 valence electrons. The molecule has 4 aromatic rings. The molecular weight excluding hydrogens is 332 g/mol. The molecule has 0 aliphatic heterocycles. The van der Waals surface area contributed by atoms with E-state index in [1.54, 1.807) is 0 Å². The van der Waals surface area contributed by atoms with Gasteiger partial charge in [-0.2, -0.15) is 9.13 Å².